The summed E-state index contributed by atoms with van der Waals surface area (Å²) in [4.78, 5) is 12.2. The lowest BCUT2D eigenvalue weighted by atomic mass is 10.0. The van der Waals surface area contributed by atoms with Gasteiger partial charge in [0, 0.05) is 16.8 Å². The van der Waals surface area contributed by atoms with Crippen LogP contribution in [0.1, 0.15) is 43.0 Å². The van der Waals surface area contributed by atoms with E-state index in [1.54, 1.807) is 7.11 Å². The molecule has 1 aromatic rings. The molecule has 0 spiro atoms. The normalized spacial score (nSPS) is 12.2. The van der Waals surface area contributed by atoms with Gasteiger partial charge in [-0.25, -0.2) is 0 Å². The van der Waals surface area contributed by atoms with E-state index < -0.39 is 0 Å². The second kappa shape index (κ2) is 7.49. The number of Topliss-reactive ketones (excluding diaryl/α,β-unsaturated/α-hetero) is 1. The van der Waals surface area contributed by atoms with Crippen molar-refractivity contribution in [2.75, 3.05) is 7.11 Å². The van der Waals surface area contributed by atoms with Crippen molar-refractivity contribution < 1.29 is 9.53 Å². The number of alkyl halides is 1. The van der Waals surface area contributed by atoms with Crippen molar-refractivity contribution in [3.8, 4) is 5.75 Å². The molecular weight excluding hydrogens is 280 g/mol. The van der Waals surface area contributed by atoms with Crippen LogP contribution >= 0.6 is 15.9 Å². The third-order valence-corrected chi connectivity index (χ3v) is 3.47. The van der Waals surface area contributed by atoms with E-state index >= 15 is 0 Å². The Hall–Kier alpha value is -0.830. The van der Waals surface area contributed by atoms with E-state index in [0.717, 1.165) is 24.2 Å². The van der Waals surface area contributed by atoms with Gasteiger partial charge >= 0.3 is 0 Å². The summed E-state index contributed by atoms with van der Waals surface area (Å²) in [6, 6.07) is 7.28. The quantitative estimate of drug-likeness (QED) is 0.556. The van der Waals surface area contributed by atoms with Crippen molar-refractivity contribution >= 4 is 21.7 Å². The van der Waals surface area contributed by atoms with Gasteiger partial charge in [0.25, 0.3) is 0 Å². The molecule has 0 aliphatic heterocycles. The van der Waals surface area contributed by atoms with E-state index in [2.05, 4.69) is 22.9 Å². The number of methoxy groups -OCH3 is 1. The maximum Gasteiger partial charge on any atom is 0.163 e. The van der Waals surface area contributed by atoms with Crippen LogP contribution in [-0.4, -0.2) is 17.7 Å². The van der Waals surface area contributed by atoms with Crippen LogP contribution in [0, 0.1) is 0 Å². The highest BCUT2D eigenvalue weighted by atomic mass is 79.9. The van der Waals surface area contributed by atoms with Crippen LogP contribution in [-0.2, 0) is 0 Å². The maximum atomic E-state index is 11.9. The van der Waals surface area contributed by atoms with Gasteiger partial charge in [-0.3, -0.25) is 4.79 Å². The fourth-order valence-electron chi connectivity index (χ4n) is 1.62. The average Bonchev–Trinajstić information content (AvgIpc) is 2.36. The molecule has 0 fully saturated rings. The third kappa shape index (κ3) is 4.90. The van der Waals surface area contributed by atoms with Crippen LogP contribution in [0.25, 0.3) is 0 Å². The molecule has 0 aliphatic carbocycles. The van der Waals surface area contributed by atoms with Gasteiger partial charge in [-0.2, -0.15) is 0 Å². The third-order valence-electron chi connectivity index (χ3n) is 2.69. The first-order valence-electron chi connectivity index (χ1n) is 5.98. The number of benzene rings is 1. The van der Waals surface area contributed by atoms with Crippen molar-refractivity contribution in [1.82, 2.24) is 0 Å². The smallest absolute Gasteiger partial charge is 0.163 e. The number of hydrogen-bond donors (Lipinski definition) is 0. The van der Waals surface area contributed by atoms with Crippen molar-refractivity contribution in [3.63, 3.8) is 0 Å². The summed E-state index contributed by atoms with van der Waals surface area (Å²) in [6.07, 6.45) is 3.94. The predicted octanol–water partition coefficient (Wildman–Crippen LogP) is 4.22. The Labute approximate surface area is 111 Å². The van der Waals surface area contributed by atoms with Crippen LogP contribution in [0.3, 0.4) is 0 Å². The number of ketones is 1. The van der Waals surface area contributed by atoms with E-state index in [1.165, 1.54) is 6.42 Å². The van der Waals surface area contributed by atoms with Gasteiger partial charge in [0.05, 0.1) is 7.11 Å². The summed E-state index contributed by atoms with van der Waals surface area (Å²) < 4.78 is 5.06. The molecule has 17 heavy (non-hydrogen) atoms. The Morgan fingerprint density at radius 2 is 2.00 bits per heavy atom. The molecule has 94 valence electrons. The van der Waals surface area contributed by atoms with E-state index in [1.807, 2.05) is 24.3 Å². The minimum absolute atomic E-state index is 0.186. The zero-order chi connectivity index (χ0) is 12.7. The minimum atomic E-state index is 0.186. The lowest BCUT2D eigenvalue weighted by Crippen LogP contribution is -2.08. The number of hydrogen-bond acceptors (Lipinski definition) is 2. The molecular formula is C14H19BrO2. The van der Waals surface area contributed by atoms with Gasteiger partial charge in [0.2, 0.25) is 0 Å². The summed E-state index contributed by atoms with van der Waals surface area (Å²) in [5, 5.41) is 0. The number of carbonyl (C=O) groups is 1. The highest BCUT2D eigenvalue weighted by Crippen LogP contribution is 2.18. The van der Waals surface area contributed by atoms with Crippen LogP contribution in [0.4, 0.5) is 0 Å². The average molecular weight is 299 g/mol. The summed E-state index contributed by atoms with van der Waals surface area (Å²) >= 11 is 3.56. The highest BCUT2D eigenvalue weighted by Gasteiger charge is 2.12. The standard InChI is InChI=1S/C14H19BrO2/c1-3-4-5-12(15)10-14(16)11-6-8-13(17-2)9-7-11/h6-9,12H,3-5,10H2,1-2H3. The zero-order valence-electron chi connectivity index (χ0n) is 10.4. The van der Waals surface area contributed by atoms with Gasteiger partial charge < -0.3 is 4.74 Å². The van der Waals surface area contributed by atoms with E-state index in [9.17, 15) is 4.79 Å². The number of halogens is 1. The monoisotopic (exact) mass is 298 g/mol. The van der Waals surface area contributed by atoms with E-state index in [-0.39, 0.29) is 10.6 Å². The van der Waals surface area contributed by atoms with Crippen LogP contribution < -0.4 is 4.74 Å². The molecule has 1 atom stereocenters. The fraction of sp³-hybridized carbons (Fsp3) is 0.500. The zero-order valence-corrected chi connectivity index (χ0v) is 12.0. The van der Waals surface area contributed by atoms with Crippen molar-refractivity contribution in [1.29, 1.82) is 0 Å². The lowest BCUT2D eigenvalue weighted by Gasteiger charge is -2.08. The lowest BCUT2D eigenvalue weighted by molar-refractivity contribution is 0.0981. The summed E-state index contributed by atoms with van der Waals surface area (Å²) in [6.45, 7) is 2.16. The van der Waals surface area contributed by atoms with E-state index in [4.69, 9.17) is 4.74 Å². The molecule has 0 heterocycles. The largest absolute Gasteiger partial charge is 0.497 e. The molecule has 0 N–H and O–H groups in total. The van der Waals surface area contributed by atoms with Gasteiger partial charge in [-0.05, 0) is 30.7 Å². The number of unbranched alkanes of at least 4 members (excludes halogenated alkanes) is 1. The summed E-state index contributed by atoms with van der Waals surface area (Å²) in [7, 11) is 1.62. The number of carbonyl (C=O) groups excluding carboxylic acids is 1. The fourth-order valence-corrected chi connectivity index (χ4v) is 2.24. The molecule has 0 saturated heterocycles. The topological polar surface area (TPSA) is 26.3 Å². The van der Waals surface area contributed by atoms with Crippen molar-refractivity contribution in [2.45, 2.75) is 37.4 Å². The SMILES string of the molecule is CCCCC(Br)CC(=O)c1ccc(OC)cc1. The summed E-state index contributed by atoms with van der Waals surface area (Å²) in [5.74, 6) is 0.966. The Morgan fingerprint density at radius 3 is 2.53 bits per heavy atom. The van der Waals surface area contributed by atoms with Crippen LogP contribution in [0.15, 0.2) is 24.3 Å². The van der Waals surface area contributed by atoms with Gasteiger partial charge in [0.15, 0.2) is 5.78 Å². The molecule has 0 aliphatic rings. The predicted molar refractivity (Wildman–Crippen MR) is 74.2 cm³/mol. The molecule has 0 amide bonds. The van der Waals surface area contributed by atoms with E-state index in [0.29, 0.717) is 6.42 Å². The highest BCUT2D eigenvalue weighted by molar-refractivity contribution is 9.09. The second-order valence-corrected chi connectivity index (χ2v) is 5.39. The van der Waals surface area contributed by atoms with Gasteiger partial charge in [-0.1, -0.05) is 35.7 Å². The maximum absolute atomic E-state index is 11.9. The Morgan fingerprint density at radius 1 is 1.35 bits per heavy atom. The molecule has 2 nitrogen and oxygen atoms in total. The first-order chi connectivity index (χ1) is 8.17. The Bertz CT molecular complexity index is 346. The first-order valence-corrected chi connectivity index (χ1v) is 6.90. The molecule has 1 unspecified atom stereocenters. The molecule has 3 heteroatoms. The molecule has 1 aromatic carbocycles. The summed E-state index contributed by atoms with van der Waals surface area (Å²) in [5.41, 5.74) is 0.756. The molecule has 0 aromatic heterocycles. The second-order valence-electron chi connectivity index (χ2n) is 4.10. The number of ether oxygens (including phenoxy) is 1. The van der Waals surface area contributed by atoms with Crippen LogP contribution in [0.5, 0.6) is 5.75 Å². The number of rotatable bonds is 7. The van der Waals surface area contributed by atoms with Crippen LogP contribution in [0.2, 0.25) is 0 Å². The molecule has 0 radical (unpaired) electrons. The first kappa shape index (κ1) is 14.2. The molecule has 0 saturated carbocycles. The Kier molecular flexibility index (Phi) is 6.27. The minimum Gasteiger partial charge on any atom is -0.497 e. The Balaban J connectivity index is 2.51. The van der Waals surface area contributed by atoms with Crippen molar-refractivity contribution in [2.24, 2.45) is 0 Å². The molecule has 0 bridgehead atoms. The molecule has 1 rings (SSSR count). The van der Waals surface area contributed by atoms with Gasteiger partial charge in [-0.15, -0.1) is 0 Å². The van der Waals surface area contributed by atoms with Crippen molar-refractivity contribution in [3.05, 3.63) is 29.8 Å². The van der Waals surface area contributed by atoms with Gasteiger partial charge in [0.1, 0.15) is 5.75 Å².